The zero-order chi connectivity index (χ0) is 27.4. The quantitative estimate of drug-likeness (QED) is 0.243. The van der Waals surface area contributed by atoms with Crippen LogP contribution >= 0.6 is 0 Å². The highest BCUT2D eigenvalue weighted by atomic mass is 32.2. The summed E-state index contributed by atoms with van der Waals surface area (Å²) in [6.07, 6.45) is 3.18. The molecule has 0 saturated heterocycles. The maximum absolute atomic E-state index is 12.2. The molecule has 0 aliphatic carbocycles. The first-order valence-electron chi connectivity index (χ1n) is 12.1. The standard InChI is InChI=1S/C26H32N6O5S/c1-17(29-14-25(33)31-9-8-24(27)30-16-31)10-18-6-7-22-20(11-18)13-23(26(34)35)32(22)15-19-4-3-5-21(12-19)38(36,37)28-2/h3-8,11-13,16-17,25,28-29,33H,9-10,14-15,27H2,1-2H3,(H,34,35). The summed E-state index contributed by atoms with van der Waals surface area (Å²) in [5.41, 5.74) is 8.15. The minimum absolute atomic E-state index is 0.0438. The van der Waals surface area contributed by atoms with E-state index in [0.29, 0.717) is 30.9 Å². The smallest absolute Gasteiger partial charge is 0.352 e. The lowest BCUT2D eigenvalue weighted by Crippen LogP contribution is -2.45. The van der Waals surface area contributed by atoms with E-state index in [1.54, 1.807) is 39.8 Å². The number of benzene rings is 2. The summed E-state index contributed by atoms with van der Waals surface area (Å²) in [4.78, 5) is 17.8. The molecule has 6 N–H and O–H groups in total. The van der Waals surface area contributed by atoms with Gasteiger partial charge in [-0.1, -0.05) is 18.2 Å². The zero-order valence-electron chi connectivity index (χ0n) is 21.2. The summed E-state index contributed by atoms with van der Waals surface area (Å²) >= 11 is 0. The number of carboxylic acids is 1. The average Bonchev–Trinajstić information content (AvgIpc) is 3.25. The molecule has 3 aromatic rings. The summed E-state index contributed by atoms with van der Waals surface area (Å²) < 4.78 is 28.4. The number of aromatic nitrogens is 1. The molecule has 2 aromatic carbocycles. The summed E-state index contributed by atoms with van der Waals surface area (Å²) in [7, 11) is -2.27. The van der Waals surface area contributed by atoms with Crippen LogP contribution < -0.4 is 15.8 Å². The van der Waals surface area contributed by atoms with E-state index in [0.717, 1.165) is 16.5 Å². The lowest BCUT2D eigenvalue weighted by molar-refractivity contribution is 0.0606. The number of nitrogens with two attached hydrogens (primary N) is 1. The van der Waals surface area contributed by atoms with Crippen molar-refractivity contribution in [3.63, 3.8) is 0 Å². The monoisotopic (exact) mass is 540 g/mol. The molecule has 1 aliphatic heterocycles. The maximum atomic E-state index is 12.2. The largest absolute Gasteiger partial charge is 0.477 e. The number of sulfonamides is 1. The second-order valence-corrected chi connectivity index (χ2v) is 11.1. The Bertz CT molecular complexity index is 1500. The van der Waals surface area contributed by atoms with Gasteiger partial charge in [-0.2, -0.15) is 0 Å². The van der Waals surface area contributed by atoms with Gasteiger partial charge >= 0.3 is 5.97 Å². The van der Waals surface area contributed by atoms with Gasteiger partial charge < -0.3 is 30.7 Å². The molecular weight excluding hydrogens is 508 g/mol. The van der Waals surface area contributed by atoms with Crippen molar-refractivity contribution >= 4 is 33.2 Å². The fourth-order valence-corrected chi connectivity index (χ4v) is 5.19. The molecule has 2 unspecified atom stereocenters. The molecule has 0 saturated carbocycles. The van der Waals surface area contributed by atoms with E-state index in [4.69, 9.17) is 5.73 Å². The number of carbonyl (C=O) groups is 1. The molecule has 38 heavy (non-hydrogen) atoms. The second kappa shape index (κ2) is 11.4. The van der Waals surface area contributed by atoms with Crippen molar-refractivity contribution < 1.29 is 23.4 Å². The number of aromatic carboxylic acids is 1. The van der Waals surface area contributed by atoms with Gasteiger partial charge in [-0.05, 0) is 67.9 Å². The van der Waals surface area contributed by atoms with Gasteiger partial charge in [0.1, 0.15) is 17.7 Å². The SMILES string of the molecule is CNS(=O)(=O)c1cccc(Cn2c(C(=O)O)cc3cc(CC(C)NCC(O)N4C=NC(N)=CC4)ccc32)c1. The van der Waals surface area contributed by atoms with Gasteiger partial charge in [-0.3, -0.25) is 0 Å². The van der Waals surface area contributed by atoms with E-state index in [2.05, 4.69) is 15.0 Å². The van der Waals surface area contributed by atoms with E-state index < -0.39 is 22.2 Å². The highest BCUT2D eigenvalue weighted by molar-refractivity contribution is 7.89. The van der Waals surface area contributed by atoms with Crippen molar-refractivity contribution in [2.45, 2.75) is 37.1 Å². The van der Waals surface area contributed by atoms with Crippen LogP contribution in [0.15, 0.2) is 70.3 Å². The van der Waals surface area contributed by atoms with Gasteiger partial charge in [-0.25, -0.2) is 22.9 Å². The third kappa shape index (κ3) is 6.22. The first-order chi connectivity index (χ1) is 18.1. The molecule has 0 bridgehead atoms. The zero-order valence-corrected chi connectivity index (χ0v) is 22.0. The predicted molar refractivity (Wildman–Crippen MR) is 145 cm³/mol. The highest BCUT2D eigenvalue weighted by Crippen LogP contribution is 2.24. The fourth-order valence-electron chi connectivity index (χ4n) is 4.39. The molecule has 0 amide bonds. The molecule has 0 radical (unpaired) electrons. The molecule has 2 heterocycles. The number of hydrogen-bond donors (Lipinski definition) is 5. The van der Waals surface area contributed by atoms with Crippen molar-refractivity contribution in [3.05, 3.63) is 77.2 Å². The molecule has 1 aliphatic rings. The van der Waals surface area contributed by atoms with Crippen molar-refractivity contribution in [3.8, 4) is 0 Å². The number of carboxylic acid groups (broad SMARTS) is 1. The van der Waals surface area contributed by atoms with Gasteiger partial charge in [0.05, 0.1) is 11.2 Å². The summed E-state index contributed by atoms with van der Waals surface area (Å²) in [6, 6.07) is 13.9. The average molecular weight is 541 g/mol. The Balaban J connectivity index is 1.48. The lowest BCUT2D eigenvalue weighted by atomic mass is 10.1. The Kier molecular flexibility index (Phi) is 8.17. The molecule has 1 aromatic heterocycles. The van der Waals surface area contributed by atoms with Crippen LogP contribution in [-0.2, 0) is 23.0 Å². The van der Waals surface area contributed by atoms with Crippen LogP contribution in [0.1, 0.15) is 28.5 Å². The normalized spacial score (nSPS) is 15.4. The van der Waals surface area contributed by atoms with Crippen LogP contribution in [0.3, 0.4) is 0 Å². The fraction of sp³-hybridized carbons (Fsp3) is 0.308. The third-order valence-electron chi connectivity index (χ3n) is 6.44. The Hall–Kier alpha value is -3.71. The van der Waals surface area contributed by atoms with Crippen molar-refractivity contribution in [1.82, 2.24) is 19.5 Å². The number of rotatable bonds is 11. The Morgan fingerprint density at radius 1 is 1.18 bits per heavy atom. The Morgan fingerprint density at radius 2 is 1.97 bits per heavy atom. The van der Waals surface area contributed by atoms with Crippen LogP contribution in [0.5, 0.6) is 0 Å². The van der Waals surface area contributed by atoms with Crippen LogP contribution in [0.4, 0.5) is 0 Å². The topological polar surface area (TPSA) is 162 Å². The molecular formula is C26H32N6O5S. The molecule has 0 fully saturated rings. The van der Waals surface area contributed by atoms with Crippen molar-refractivity contribution in [1.29, 1.82) is 0 Å². The van der Waals surface area contributed by atoms with Crippen molar-refractivity contribution in [2.75, 3.05) is 20.1 Å². The van der Waals surface area contributed by atoms with Gasteiger partial charge in [0, 0.05) is 36.6 Å². The number of nitrogens with one attached hydrogen (secondary N) is 2. The van der Waals surface area contributed by atoms with Crippen LogP contribution in [0.2, 0.25) is 0 Å². The first kappa shape index (κ1) is 27.3. The number of nitrogens with zero attached hydrogens (tertiary/aromatic N) is 3. The van der Waals surface area contributed by atoms with E-state index in [1.165, 1.54) is 19.5 Å². The van der Waals surface area contributed by atoms with E-state index in [1.807, 2.05) is 25.1 Å². The van der Waals surface area contributed by atoms with Gasteiger partial charge in [-0.15, -0.1) is 0 Å². The second-order valence-electron chi connectivity index (χ2n) is 9.23. The van der Waals surface area contributed by atoms with Crippen LogP contribution in [0.25, 0.3) is 10.9 Å². The van der Waals surface area contributed by atoms with Crippen LogP contribution in [-0.4, -0.2) is 72.8 Å². The minimum atomic E-state index is -3.62. The van der Waals surface area contributed by atoms with Gasteiger partial charge in [0.15, 0.2) is 0 Å². The molecule has 4 rings (SSSR count). The summed E-state index contributed by atoms with van der Waals surface area (Å²) in [6.45, 7) is 3.04. The summed E-state index contributed by atoms with van der Waals surface area (Å²) in [5, 5.41) is 24.3. The molecule has 2 atom stereocenters. The number of aliphatic hydroxyl groups is 1. The van der Waals surface area contributed by atoms with Gasteiger partial charge in [0.2, 0.25) is 10.0 Å². The minimum Gasteiger partial charge on any atom is -0.477 e. The van der Waals surface area contributed by atoms with Crippen molar-refractivity contribution in [2.24, 2.45) is 10.7 Å². The van der Waals surface area contributed by atoms with E-state index in [-0.39, 0.29) is 23.2 Å². The van der Waals surface area contributed by atoms with Crippen LogP contribution in [0, 0.1) is 0 Å². The summed E-state index contributed by atoms with van der Waals surface area (Å²) in [5.74, 6) is -0.635. The molecule has 0 spiro atoms. The van der Waals surface area contributed by atoms with E-state index >= 15 is 0 Å². The van der Waals surface area contributed by atoms with E-state index in [9.17, 15) is 23.4 Å². The maximum Gasteiger partial charge on any atom is 0.352 e. The highest BCUT2D eigenvalue weighted by Gasteiger charge is 2.18. The molecule has 11 nitrogen and oxygen atoms in total. The first-order valence-corrected chi connectivity index (χ1v) is 13.6. The number of aliphatic hydroxyl groups excluding tert-OH is 1. The number of hydrogen-bond acceptors (Lipinski definition) is 8. The number of fused-ring (bicyclic) bond motifs is 1. The lowest BCUT2D eigenvalue weighted by Gasteiger charge is -2.27. The molecule has 12 heteroatoms. The third-order valence-corrected chi connectivity index (χ3v) is 7.85. The predicted octanol–water partition coefficient (Wildman–Crippen LogP) is 1.28. The van der Waals surface area contributed by atoms with Gasteiger partial charge in [0.25, 0.3) is 0 Å². The molecule has 202 valence electrons. The Labute approximate surface area is 221 Å². The Morgan fingerprint density at radius 3 is 2.66 bits per heavy atom. The number of aliphatic imine (C=N–C) groups is 1.